The van der Waals surface area contributed by atoms with Crippen molar-refractivity contribution in [2.24, 2.45) is 7.05 Å². The first kappa shape index (κ1) is 16.8. The van der Waals surface area contributed by atoms with Crippen molar-refractivity contribution in [3.05, 3.63) is 60.7 Å². The highest BCUT2D eigenvalue weighted by Gasteiger charge is 2.28. The number of rotatable bonds is 5. The SMILES string of the molecule is CCOC(=O)c1ncoc1-c1nc(-c2ccccc2)oc1-c1cccn1C. The van der Waals surface area contributed by atoms with Crippen LogP contribution in [-0.2, 0) is 11.8 Å². The topological polar surface area (TPSA) is 83.3 Å². The summed E-state index contributed by atoms with van der Waals surface area (Å²) in [6, 6.07) is 13.3. The van der Waals surface area contributed by atoms with Crippen LogP contribution < -0.4 is 0 Å². The maximum Gasteiger partial charge on any atom is 0.361 e. The molecular formula is C20H17N3O4. The van der Waals surface area contributed by atoms with E-state index in [2.05, 4.69) is 9.97 Å². The number of hydrogen-bond donors (Lipinski definition) is 0. The van der Waals surface area contributed by atoms with Crippen molar-refractivity contribution < 1.29 is 18.4 Å². The normalized spacial score (nSPS) is 10.9. The number of carbonyl (C=O) groups is 1. The first-order valence-corrected chi connectivity index (χ1v) is 8.48. The van der Waals surface area contributed by atoms with Crippen molar-refractivity contribution in [3.8, 4) is 34.4 Å². The van der Waals surface area contributed by atoms with Gasteiger partial charge < -0.3 is 18.1 Å². The number of aryl methyl sites for hydroxylation is 1. The largest absolute Gasteiger partial charge is 0.461 e. The fourth-order valence-corrected chi connectivity index (χ4v) is 2.81. The van der Waals surface area contributed by atoms with E-state index < -0.39 is 5.97 Å². The Labute approximate surface area is 155 Å². The summed E-state index contributed by atoms with van der Waals surface area (Å²) in [6.45, 7) is 1.97. The molecular weight excluding hydrogens is 346 g/mol. The Morgan fingerprint density at radius 1 is 1.15 bits per heavy atom. The van der Waals surface area contributed by atoms with Gasteiger partial charge in [0.1, 0.15) is 0 Å². The quantitative estimate of drug-likeness (QED) is 0.495. The summed E-state index contributed by atoms with van der Waals surface area (Å²) in [4.78, 5) is 20.8. The van der Waals surface area contributed by atoms with Gasteiger partial charge in [0.05, 0.1) is 12.3 Å². The molecule has 1 aromatic carbocycles. The van der Waals surface area contributed by atoms with Crippen LogP contribution in [0.4, 0.5) is 0 Å². The number of benzene rings is 1. The van der Waals surface area contributed by atoms with E-state index in [0.29, 0.717) is 17.3 Å². The van der Waals surface area contributed by atoms with E-state index in [1.54, 1.807) is 6.92 Å². The highest BCUT2D eigenvalue weighted by atomic mass is 16.5. The lowest BCUT2D eigenvalue weighted by molar-refractivity contribution is 0.0520. The minimum Gasteiger partial charge on any atom is -0.461 e. The maximum atomic E-state index is 12.2. The zero-order valence-corrected chi connectivity index (χ0v) is 14.9. The standard InChI is InChI=1S/C20H17N3O4/c1-3-25-20(24)16-18(26-12-21-16)15-17(14-10-7-11-23(14)2)27-19(22-15)13-8-5-4-6-9-13/h4-12H,3H2,1-2H3. The molecule has 0 N–H and O–H groups in total. The molecule has 0 aliphatic rings. The Kier molecular flexibility index (Phi) is 4.33. The Morgan fingerprint density at radius 2 is 1.96 bits per heavy atom. The fourth-order valence-electron chi connectivity index (χ4n) is 2.81. The first-order chi connectivity index (χ1) is 13.2. The van der Waals surface area contributed by atoms with E-state index in [1.807, 2.05) is 60.3 Å². The molecule has 0 bridgehead atoms. The van der Waals surface area contributed by atoms with E-state index in [0.717, 1.165) is 11.3 Å². The Balaban J connectivity index is 1.90. The average molecular weight is 363 g/mol. The second-order valence-corrected chi connectivity index (χ2v) is 5.82. The van der Waals surface area contributed by atoms with Crippen LogP contribution in [0.15, 0.2) is 63.9 Å². The fraction of sp³-hybridized carbons (Fsp3) is 0.150. The lowest BCUT2D eigenvalue weighted by Crippen LogP contribution is -2.06. The Bertz CT molecular complexity index is 1080. The van der Waals surface area contributed by atoms with Crippen LogP contribution in [0.5, 0.6) is 0 Å². The first-order valence-electron chi connectivity index (χ1n) is 8.48. The molecule has 0 amide bonds. The van der Waals surface area contributed by atoms with Gasteiger partial charge in [-0.15, -0.1) is 0 Å². The van der Waals surface area contributed by atoms with Crippen LogP contribution >= 0.6 is 0 Å². The second-order valence-electron chi connectivity index (χ2n) is 5.82. The van der Waals surface area contributed by atoms with Crippen molar-refractivity contribution in [2.45, 2.75) is 6.92 Å². The van der Waals surface area contributed by atoms with E-state index in [1.165, 1.54) is 6.39 Å². The van der Waals surface area contributed by atoms with Crippen LogP contribution in [0.2, 0.25) is 0 Å². The molecule has 3 heterocycles. The third kappa shape index (κ3) is 3.03. The lowest BCUT2D eigenvalue weighted by Gasteiger charge is -2.02. The molecule has 0 atom stereocenters. The second kappa shape index (κ2) is 6.95. The van der Waals surface area contributed by atoms with E-state index >= 15 is 0 Å². The van der Waals surface area contributed by atoms with Gasteiger partial charge in [0, 0.05) is 18.8 Å². The molecule has 136 valence electrons. The summed E-state index contributed by atoms with van der Waals surface area (Å²) < 4.78 is 18.5. The van der Waals surface area contributed by atoms with Crippen molar-refractivity contribution >= 4 is 5.97 Å². The predicted octanol–water partition coefficient (Wildman–Crippen LogP) is 4.18. The molecule has 0 saturated heterocycles. The van der Waals surface area contributed by atoms with Crippen LogP contribution in [0.25, 0.3) is 34.4 Å². The van der Waals surface area contributed by atoms with Crippen LogP contribution in [0.3, 0.4) is 0 Å². The number of nitrogens with zero attached hydrogens (tertiary/aromatic N) is 3. The minimum atomic E-state index is -0.566. The third-order valence-electron chi connectivity index (χ3n) is 4.08. The van der Waals surface area contributed by atoms with Gasteiger partial charge in [-0.3, -0.25) is 0 Å². The average Bonchev–Trinajstić information content (AvgIpc) is 3.41. The third-order valence-corrected chi connectivity index (χ3v) is 4.08. The number of aromatic nitrogens is 3. The van der Waals surface area contributed by atoms with Crippen molar-refractivity contribution in [1.82, 2.24) is 14.5 Å². The monoisotopic (exact) mass is 363 g/mol. The molecule has 27 heavy (non-hydrogen) atoms. The maximum absolute atomic E-state index is 12.2. The van der Waals surface area contributed by atoms with E-state index in [4.69, 9.17) is 13.6 Å². The number of hydrogen-bond acceptors (Lipinski definition) is 6. The zero-order chi connectivity index (χ0) is 18.8. The summed E-state index contributed by atoms with van der Waals surface area (Å²) in [6.07, 6.45) is 3.10. The highest BCUT2D eigenvalue weighted by molar-refractivity contribution is 5.94. The van der Waals surface area contributed by atoms with Crippen molar-refractivity contribution in [3.63, 3.8) is 0 Å². The van der Waals surface area contributed by atoms with Gasteiger partial charge in [-0.2, -0.15) is 0 Å². The molecule has 0 unspecified atom stereocenters. The smallest absolute Gasteiger partial charge is 0.361 e. The summed E-state index contributed by atoms with van der Waals surface area (Å²) in [5, 5.41) is 0. The van der Waals surface area contributed by atoms with Gasteiger partial charge in [0.2, 0.25) is 5.89 Å². The zero-order valence-electron chi connectivity index (χ0n) is 14.9. The van der Waals surface area contributed by atoms with Gasteiger partial charge in [0.15, 0.2) is 29.3 Å². The summed E-state index contributed by atoms with van der Waals surface area (Å²) >= 11 is 0. The van der Waals surface area contributed by atoms with Gasteiger partial charge in [0.25, 0.3) is 0 Å². The minimum absolute atomic E-state index is 0.0696. The highest BCUT2D eigenvalue weighted by Crippen LogP contribution is 2.37. The van der Waals surface area contributed by atoms with Crippen molar-refractivity contribution in [2.75, 3.05) is 6.61 Å². The molecule has 0 spiro atoms. The molecule has 7 nitrogen and oxygen atoms in total. The van der Waals surface area contributed by atoms with Crippen molar-refractivity contribution in [1.29, 1.82) is 0 Å². The number of oxazole rings is 2. The van der Waals surface area contributed by atoms with E-state index in [-0.39, 0.29) is 18.1 Å². The van der Waals surface area contributed by atoms with Crippen LogP contribution in [0.1, 0.15) is 17.4 Å². The lowest BCUT2D eigenvalue weighted by atomic mass is 10.2. The molecule has 0 aliphatic carbocycles. The van der Waals surface area contributed by atoms with Crippen LogP contribution in [0, 0.1) is 0 Å². The molecule has 3 aromatic heterocycles. The molecule has 4 rings (SSSR count). The van der Waals surface area contributed by atoms with Gasteiger partial charge >= 0.3 is 5.97 Å². The summed E-state index contributed by atoms with van der Waals surface area (Å²) in [7, 11) is 1.90. The summed E-state index contributed by atoms with van der Waals surface area (Å²) in [5.74, 6) is 0.565. The molecule has 4 aromatic rings. The number of esters is 1. The Hall–Kier alpha value is -3.61. The predicted molar refractivity (Wildman–Crippen MR) is 97.8 cm³/mol. The number of ether oxygens (including phenoxy) is 1. The molecule has 0 aliphatic heterocycles. The van der Waals surface area contributed by atoms with Gasteiger partial charge in [-0.25, -0.2) is 14.8 Å². The molecule has 0 radical (unpaired) electrons. The Morgan fingerprint density at radius 3 is 2.67 bits per heavy atom. The molecule has 7 heteroatoms. The molecule has 0 fully saturated rings. The van der Waals surface area contributed by atoms with Crippen LogP contribution in [-0.4, -0.2) is 27.1 Å². The van der Waals surface area contributed by atoms with E-state index in [9.17, 15) is 4.79 Å². The number of carbonyl (C=O) groups excluding carboxylic acids is 1. The van der Waals surface area contributed by atoms with Gasteiger partial charge in [-0.05, 0) is 31.2 Å². The molecule has 0 saturated carbocycles. The van der Waals surface area contributed by atoms with Gasteiger partial charge in [-0.1, -0.05) is 18.2 Å². The summed E-state index contributed by atoms with van der Waals surface area (Å²) in [5.41, 5.74) is 2.08.